The van der Waals surface area contributed by atoms with Gasteiger partial charge in [-0.3, -0.25) is 15.4 Å². The molecule has 5 nitrogen and oxygen atoms in total. The molecule has 23 heavy (non-hydrogen) atoms. The second-order valence-electron chi connectivity index (χ2n) is 5.23. The van der Waals surface area contributed by atoms with Gasteiger partial charge < -0.3 is 4.74 Å². The molecule has 2 amide bonds. The first-order chi connectivity index (χ1) is 11.0. The van der Waals surface area contributed by atoms with Gasteiger partial charge in [-0.1, -0.05) is 35.9 Å². The Balaban J connectivity index is 2.17. The maximum atomic E-state index is 12.0. The first-order valence-electron chi connectivity index (χ1n) is 7.26. The van der Waals surface area contributed by atoms with Crippen LogP contribution in [0.25, 0.3) is 0 Å². The Labute approximate surface area is 139 Å². The number of imide groups is 1. The smallest absolute Gasteiger partial charge is 0.413 e. The highest BCUT2D eigenvalue weighted by Gasteiger charge is 2.22. The predicted molar refractivity (Wildman–Crippen MR) is 90.5 cm³/mol. The number of amides is 2. The fourth-order valence-electron chi connectivity index (χ4n) is 2.14. The molecular weight excluding hydrogens is 312 g/mol. The number of benzene rings is 1. The molecule has 6 heteroatoms. The van der Waals surface area contributed by atoms with Gasteiger partial charge in [0.1, 0.15) is 0 Å². The first-order valence-corrected chi connectivity index (χ1v) is 8.14. The number of rotatable bonds is 5. The molecule has 0 fully saturated rings. The maximum Gasteiger partial charge on any atom is 0.413 e. The van der Waals surface area contributed by atoms with Crippen LogP contribution in [0, 0.1) is 6.92 Å². The first kappa shape index (κ1) is 17.2. The summed E-state index contributed by atoms with van der Waals surface area (Å²) in [6.07, 6.45) is -0.758. The van der Waals surface area contributed by atoms with Crippen molar-refractivity contribution in [2.24, 2.45) is 0 Å². The molecule has 0 aliphatic heterocycles. The van der Waals surface area contributed by atoms with Gasteiger partial charge in [0, 0.05) is 4.88 Å². The van der Waals surface area contributed by atoms with Crippen LogP contribution in [0.2, 0.25) is 0 Å². The van der Waals surface area contributed by atoms with Crippen LogP contribution in [0.15, 0.2) is 41.8 Å². The fourth-order valence-corrected chi connectivity index (χ4v) is 2.95. The van der Waals surface area contributed by atoms with Crippen molar-refractivity contribution in [3.63, 3.8) is 0 Å². The van der Waals surface area contributed by atoms with Crippen molar-refractivity contribution in [3.05, 3.63) is 57.8 Å². The van der Waals surface area contributed by atoms with Gasteiger partial charge >= 0.3 is 6.09 Å². The summed E-state index contributed by atoms with van der Waals surface area (Å²) in [5.74, 6) is -0.425. The molecule has 2 atom stereocenters. The zero-order valence-electron chi connectivity index (χ0n) is 13.3. The maximum absolute atomic E-state index is 12.0. The highest BCUT2D eigenvalue weighted by atomic mass is 32.1. The number of methoxy groups -OCH3 is 1. The van der Waals surface area contributed by atoms with Gasteiger partial charge in [-0.25, -0.2) is 4.79 Å². The SMILES string of the molecule is COC(=O)NC(=O)[C@H](C)N[C@@H](c1ccc(C)cc1)c1cccs1. The minimum Gasteiger partial charge on any atom is -0.453 e. The van der Waals surface area contributed by atoms with Crippen LogP contribution in [0.4, 0.5) is 4.79 Å². The Bertz CT molecular complexity index is 653. The van der Waals surface area contributed by atoms with E-state index in [0.29, 0.717) is 0 Å². The molecule has 0 spiro atoms. The summed E-state index contributed by atoms with van der Waals surface area (Å²) in [6.45, 7) is 3.75. The van der Waals surface area contributed by atoms with E-state index in [1.807, 2.05) is 48.7 Å². The number of hydrogen-bond acceptors (Lipinski definition) is 5. The number of ether oxygens (including phenoxy) is 1. The summed E-state index contributed by atoms with van der Waals surface area (Å²) in [7, 11) is 1.22. The van der Waals surface area contributed by atoms with E-state index >= 15 is 0 Å². The lowest BCUT2D eigenvalue weighted by atomic mass is 10.0. The number of hydrogen-bond donors (Lipinski definition) is 2. The van der Waals surface area contributed by atoms with Crippen LogP contribution < -0.4 is 10.6 Å². The van der Waals surface area contributed by atoms with E-state index in [2.05, 4.69) is 15.4 Å². The second-order valence-corrected chi connectivity index (χ2v) is 6.21. The average Bonchev–Trinajstić information content (AvgIpc) is 3.07. The summed E-state index contributed by atoms with van der Waals surface area (Å²) in [6, 6.07) is 11.5. The van der Waals surface area contributed by atoms with Gasteiger partial charge in [0.2, 0.25) is 5.91 Å². The summed E-state index contributed by atoms with van der Waals surface area (Å²) >= 11 is 1.62. The zero-order valence-corrected chi connectivity index (χ0v) is 14.1. The van der Waals surface area contributed by atoms with Crippen molar-refractivity contribution >= 4 is 23.3 Å². The number of nitrogens with one attached hydrogen (secondary N) is 2. The summed E-state index contributed by atoms with van der Waals surface area (Å²) < 4.78 is 4.45. The summed E-state index contributed by atoms with van der Waals surface area (Å²) in [4.78, 5) is 24.3. The van der Waals surface area contributed by atoms with Gasteiger partial charge in [-0.15, -0.1) is 11.3 Å². The number of alkyl carbamates (subject to hydrolysis) is 1. The Morgan fingerprint density at radius 3 is 2.43 bits per heavy atom. The number of carbonyl (C=O) groups excluding carboxylic acids is 2. The number of aryl methyl sites for hydroxylation is 1. The molecule has 1 aromatic carbocycles. The second kappa shape index (κ2) is 7.89. The molecule has 0 aliphatic carbocycles. The number of carbonyl (C=O) groups is 2. The van der Waals surface area contributed by atoms with Crippen molar-refractivity contribution in [1.29, 1.82) is 0 Å². The lowest BCUT2D eigenvalue weighted by Gasteiger charge is -2.22. The largest absolute Gasteiger partial charge is 0.453 e. The van der Waals surface area contributed by atoms with Gasteiger partial charge in [-0.05, 0) is 30.9 Å². The highest BCUT2D eigenvalue weighted by molar-refractivity contribution is 7.10. The fraction of sp³-hybridized carbons (Fsp3) is 0.294. The van der Waals surface area contributed by atoms with Crippen molar-refractivity contribution in [3.8, 4) is 0 Å². The van der Waals surface area contributed by atoms with Crippen LogP contribution in [-0.4, -0.2) is 25.2 Å². The molecule has 1 aromatic heterocycles. The van der Waals surface area contributed by atoms with E-state index < -0.39 is 18.0 Å². The third-order valence-corrected chi connectivity index (χ3v) is 4.40. The minimum atomic E-state index is -0.758. The van der Waals surface area contributed by atoms with Crippen molar-refractivity contribution in [2.75, 3.05) is 7.11 Å². The van der Waals surface area contributed by atoms with E-state index in [1.165, 1.54) is 12.7 Å². The quantitative estimate of drug-likeness (QED) is 0.883. The molecular formula is C17H20N2O3S. The molecule has 2 rings (SSSR count). The monoisotopic (exact) mass is 332 g/mol. The third kappa shape index (κ3) is 4.64. The predicted octanol–water partition coefficient (Wildman–Crippen LogP) is 3.01. The lowest BCUT2D eigenvalue weighted by Crippen LogP contribution is -2.45. The van der Waals surface area contributed by atoms with Crippen LogP contribution in [-0.2, 0) is 9.53 Å². The molecule has 0 saturated carbocycles. The Morgan fingerprint density at radius 2 is 1.87 bits per heavy atom. The van der Waals surface area contributed by atoms with Gasteiger partial charge in [-0.2, -0.15) is 0 Å². The zero-order chi connectivity index (χ0) is 16.8. The lowest BCUT2D eigenvalue weighted by molar-refractivity contribution is -0.122. The van der Waals surface area contributed by atoms with Gasteiger partial charge in [0.25, 0.3) is 0 Å². The molecule has 0 bridgehead atoms. The highest BCUT2D eigenvalue weighted by Crippen LogP contribution is 2.26. The standard InChI is InChI=1S/C17H20N2O3S/c1-11-6-8-13(9-7-11)15(14-5-4-10-23-14)18-12(2)16(20)19-17(21)22-3/h4-10,12,15,18H,1-3H3,(H,19,20,21)/t12-,15-/m0/s1. The van der Waals surface area contributed by atoms with Gasteiger partial charge in [0.15, 0.2) is 0 Å². The molecule has 2 aromatic rings. The number of thiophene rings is 1. The third-order valence-electron chi connectivity index (χ3n) is 3.46. The molecule has 122 valence electrons. The Kier molecular flexibility index (Phi) is 5.90. The van der Waals surface area contributed by atoms with Crippen molar-refractivity contribution < 1.29 is 14.3 Å². The van der Waals surface area contributed by atoms with Crippen LogP contribution in [0.1, 0.15) is 29.0 Å². The molecule has 0 unspecified atom stereocenters. The molecule has 0 radical (unpaired) electrons. The van der Waals surface area contributed by atoms with E-state index in [1.54, 1.807) is 18.3 Å². The van der Waals surface area contributed by atoms with Crippen LogP contribution >= 0.6 is 11.3 Å². The average molecular weight is 332 g/mol. The Morgan fingerprint density at radius 1 is 1.17 bits per heavy atom. The topological polar surface area (TPSA) is 67.4 Å². The van der Waals surface area contributed by atoms with Crippen molar-refractivity contribution in [2.45, 2.75) is 25.9 Å². The van der Waals surface area contributed by atoms with Gasteiger partial charge in [0.05, 0.1) is 19.2 Å². The van der Waals surface area contributed by atoms with Crippen LogP contribution in [0.5, 0.6) is 0 Å². The minimum absolute atomic E-state index is 0.117. The molecule has 0 saturated heterocycles. The summed E-state index contributed by atoms with van der Waals surface area (Å²) in [5, 5.41) is 7.45. The van der Waals surface area contributed by atoms with E-state index in [9.17, 15) is 9.59 Å². The Hall–Kier alpha value is -2.18. The van der Waals surface area contributed by atoms with E-state index in [4.69, 9.17) is 0 Å². The normalized spacial score (nSPS) is 13.2. The molecule has 0 aliphatic rings. The van der Waals surface area contributed by atoms with Crippen LogP contribution in [0.3, 0.4) is 0 Å². The summed E-state index contributed by atoms with van der Waals surface area (Å²) in [5.41, 5.74) is 2.24. The van der Waals surface area contributed by atoms with E-state index in [0.717, 1.165) is 10.4 Å². The van der Waals surface area contributed by atoms with E-state index in [-0.39, 0.29) is 6.04 Å². The van der Waals surface area contributed by atoms with Crippen molar-refractivity contribution in [1.82, 2.24) is 10.6 Å². The molecule has 2 N–H and O–H groups in total. The molecule has 1 heterocycles.